The molecule has 0 saturated heterocycles. The van der Waals surface area contributed by atoms with Crippen molar-refractivity contribution in [1.29, 1.82) is 0 Å². The molecule has 0 unspecified atom stereocenters. The first-order chi connectivity index (χ1) is 15.5. The van der Waals surface area contributed by atoms with Crippen molar-refractivity contribution in [3.05, 3.63) is 90.6 Å². The highest BCUT2D eigenvalue weighted by Gasteiger charge is 2.33. The number of ether oxygens (including phenoxy) is 3. The van der Waals surface area contributed by atoms with Gasteiger partial charge in [-0.3, -0.25) is 9.36 Å². The molecular weight excluding hydrogens is 428 g/mol. The van der Waals surface area contributed by atoms with E-state index in [1.165, 1.54) is 18.4 Å². The maximum Gasteiger partial charge on any atom is 0.338 e. The van der Waals surface area contributed by atoms with Gasteiger partial charge in [0, 0.05) is 5.56 Å². The van der Waals surface area contributed by atoms with Gasteiger partial charge in [0.25, 0.3) is 5.56 Å². The molecule has 0 N–H and O–H groups in total. The molecule has 3 aromatic rings. The first-order valence-corrected chi connectivity index (χ1v) is 10.7. The van der Waals surface area contributed by atoms with Crippen LogP contribution in [0, 0.1) is 0 Å². The number of allylic oxidation sites excluding steroid dienone is 1. The number of carbonyl (C=O) groups is 1. The lowest BCUT2D eigenvalue weighted by Gasteiger charge is -2.24. The summed E-state index contributed by atoms with van der Waals surface area (Å²) >= 11 is 1.27. The molecule has 0 aliphatic carbocycles. The predicted molar refractivity (Wildman–Crippen MR) is 122 cm³/mol. The van der Waals surface area contributed by atoms with E-state index in [0.29, 0.717) is 32.1 Å². The summed E-state index contributed by atoms with van der Waals surface area (Å²) in [5, 5.41) is 0. The van der Waals surface area contributed by atoms with Crippen molar-refractivity contribution in [2.24, 2.45) is 4.99 Å². The fourth-order valence-electron chi connectivity index (χ4n) is 3.72. The minimum absolute atomic E-state index is 0.241. The SMILES string of the molecule is COC(=O)C1=C(C)N=c2sc(=Cc3ccccc3OC)c(=O)n2[C@@H]1c1ccc(OC)cc1. The molecule has 1 aliphatic heterocycles. The number of carbonyl (C=O) groups excluding carboxylic acids is 1. The largest absolute Gasteiger partial charge is 0.497 e. The molecule has 1 aromatic heterocycles. The number of benzene rings is 2. The maximum atomic E-state index is 13.5. The lowest BCUT2D eigenvalue weighted by Crippen LogP contribution is -2.39. The van der Waals surface area contributed by atoms with Crippen LogP contribution in [-0.4, -0.2) is 31.9 Å². The average molecular weight is 451 g/mol. The van der Waals surface area contributed by atoms with Gasteiger partial charge in [0.1, 0.15) is 11.5 Å². The highest BCUT2D eigenvalue weighted by atomic mass is 32.1. The first-order valence-electron chi connectivity index (χ1n) is 9.86. The van der Waals surface area contributed by atoms with E-state index < -0.39 is 12.0 Å². The molecule has 8 heteroatoms. The second-order valence-electron chi connectivity index (χ2n) is 7.09. The van der Waals surface area contributed by atoms with Crippen molar-refractivity contribution in [3.63, 3.8) is 0 Å². The van der Waals surface area contributed by atoms with Crippen LogP contribution in [0.3, 0.4) is 0 Å². The van der Waals surface area contributed by atoms with Crippen LogP contribution in [0.15, 0.2) is 69.6 Å². The molecule has 2 aromatic carbocycles. The summed E-state index contributed by atoms with van der Waals surface area (Å²) in [6, 6.07) is 14.1. The van der Waals surface area contributed by atoms with E-state index in [2.05, 4.69) is 4.99 Å². The zero-order valence-corrected chi connectivity index (χ0v) is 18.9. The van der Waals surface area contributed by atoms with Crippen molar-refractivity contribution < 1.29 is 19.0 Å². The highest BCUT2D eigenvalue weighted by Crippen LogP contribution is 2.31. The molecule has 0 fully saturated rings. The molecule has 2 heterocycles. The van der Waals surface area contributed by atoms with E-state index in [9.17, 15) is 9.59 Å². The van der Waals surface area contributed by atoms with Crippen LogP contribution < -0.4 is 24.4 Å². The Morgan fingerprint density at radius 2 is 1.78 bits per heavy atom. The summed E-state index contributed by atoms with van der Waals surface area (Å²) in [6.07, 6.45) is 1.78. The lowest BCUT2D eigenvalue weighted by atomic mass is 9.96. The minimum atomic E-state index is -0.663. The number of hydrogen-bond donors (Lipinski definition) is 0. The van der Waals surface area contributed by atoms with Crippen LogP contribution in [0.1, 0.15) is 24.1 Å². The third-order valence-corrected chi connectivity index (χ3v) is 6.27. The minimum Gasteiger partial charge on any atom is -0.497 e. The van der Waals surface area contributed by atoms with Crippen LogP contribution in [0.5, 0.6) is 11.5 Å². The standard InChI is InChI=1S/C24H22N2O5S/c1-14-20(23(28)31-4)21(15-9-11-17(29-2)12-10-15)26-22(27)19(32-24(26)25-14)13-16-7-5-6-8-18(16)30-3/h5-13,21H,1-4H3/t21-/m1/s1. The van der Waals surface area contributed by atoms with Crippen molar-refractivity contribution in [1.82, 2.24) is 4.57 Å². The van der Waals surface area contributed by atoms with Gasteiger partial charge < -0.3 is 14.2 Å². The third kappa shape index (κ3) is 3.73. The van der Waals surface area contributed by atoms with Crippen molar-refractivity contribution in [2.75, 3.05) is 21.3 Å². The monoisotopic (exact) mass is 450 g/mol. The molecule has 0 spiro atoms. The maximum absolute atomic E-state index is 13.5. The van der Waals surface area contributed by atoms with Crippen molar-refractivity contribution >= 4 is 23.4 Å². The Labute approximate surface area is 188 Å². The molecule has 4 rings (SSSR count). The number of aromatic nitrogens is 1. The normalized spacial score (nSPS) is 15.8. The number of methoxy groups -OCH3 is 3. The average Bonchev–Trinajstić information content (AvgIpc) is 3.12. The second-order valence-corrected chi connectivity index (χ2v) is 8.10. The molecule has 0 saturated carbocycles. The number of fused-ring (bicyclic) bond motifs is 1. The summed E-state index contributed by atoms with van der Waals surface area (Å²) in [6.45, 7) is 1.75. The van der Waals surface area contributed by atoms with Crippen LogP contribution >= 0.6 is 11.3 Å². The number of hydrogen-bond acceptors (Lipinski definition) is 7. The van der Waals surface area contributed by atoms with Gasteiger partial charge in [-0.25, -0.2) is 9.79 Å². The summed E-state index contributed by atoms with van der Waals surface area (Å²) < 4.78 is 17.7. The zero-order chi connectivity index (χ0) is 22.8. The van der Waals surface area contributed by atoms with Gasteiger partial charge in [-0.1, -0.05) is 41.7 Å². The van der Waals surface area contributed by atoms with Crippen LogP contribution in [-0.2, 0) is 9.53 Å². The van der Waals surface area contributed by atoms with Gasteiger partial charge >= 0.3 is 5.97 Å². The Morgan fingerprint density at radius 1 is 1.06 bits per heavy atom. The third-order valence-electron chi connectivity index (χ3n) is 5.28. The van der Waals surface area contributed by atoms with E-state index in [1.54, 1.807) is 43.9 Å². The molecule has 0 bridgehead atoms. The molecule has 1 atom stereocenters. The topological polar surface area (TPSA) is 79.1 Å². The molecule has 164 valence electrons. The lowest BCUT2D eigenvalue weighted by molar-refractivity contribution is -0.136. The smallest absolute Gasteiger partial charge is 0.338 e. The number of thiazole rings is 1. The summed E-state index contributed by atoms with van der Waals surface area (Å²) in [7, 11) is 4.49. The summed E-state index contributed by atoms with van der Waals surface area (Å²) in [4.78, 5) is 31.3. The Kier molecular flexibility index (Phi) is 5.96. The van der Waals surface area contributed by atoms with E-state index in [-0.39, 0.29) is 5.56 Å². The molecule has 32 heavy (non-hydrogen) atoms. The first kappa shape index (κ1) is 21.6. The van der Waals surface area contributed by atoms with Gasteiger partial charge in [0.2, 0.25) is 0 Å². The molecule has 0 amide bonds. The second kappa shape index (κ2) is 8.84. The van der Waals surface area contributed by atoms with E-state index >= 15 is 0 Å². The van der Waals surface area contributed by atoms with Crippen molar-refractivity contribution in [2.45, 2.75) is 13.0 Å². The van der Waals surface area contributed by atoms with Gasteiger partial charge in [-0.05, 0) is 36.8 Å². The Balaban J connectivity index is 1.97. The Hall–Kier alpha value is -3.65. The molecule has 1 aliphatic rings. The van der Waals surface area contributed by atoms with Gasteiger partial charge in [0.15, 0.2) is 4.80 Å². The Morgan fingerprint density at radius 3 is 2.44 bits per heavy atom. The zero-order valence-electron chi connectivity index (χ0n) is 18.1. The van der Waals surface area contributed by atoms with E-state index in [4.69, 9.17) is 14.2 Å². The number of rotatable bonds is 5. The Bertz CT molecular complexity index is 1380. The van der Waals surface area contributed by atoms with Gasteiger partial charge in [-0.15, -0.1) is 0 Å². The summed E-state index contributed by atoms with van der Waals surface area (Å²) in [5.74, 6) is 0.820. The van der Waals surface area contributed by atoms with Gasteiger partial charge in [-0.2, -0.15) is 0 Å². The molecular formula is C24H22N2O5S. The number of esters is 1. The van der Waals surface area contributed by atoms with Crippen LogP contribution in [0.25, 0.3) is 6.08 Å². The number of nitrogens with zero attached hydrogens (tertiary/aromatic N) is 2. The fourth-order valence-corrected chi connectivity index (χ4v) is 4.76. The predicted octanol–water partition coefficient (Wildman–Crippen LogP) is 2.43. The van der Waals surface area contributed by atoms with Crippen molar-refractivity contribution in [3.8, 4) is 11.5 Å². The molecule has 0 radical (unpaired) electrons. The van der Waals surface area contributed by atoms with Crippen LogP contribution in [0.2, 0.25) is 0 Å². The molecule has 7 nitrogen and oxygen atoms in total. The summed E-state index contributed by atoms with van der Waals surface area (Å²) in [5.41, 5.74) is 2.14. The quantitative estimate of drug-likeness (QED) is 0.558. The van der Waals surface area contributed by atoms with Crippen LogP contribution in [0.4, 0.5) is 0 Å². The van der Waals surface area contributed by atoms with E-state index in [0.717, 1.165) is 11.1 Å². The van der Waals surface area contributed by atoms with Gasteiger partial charge in [0.05, 0.1) is 43.2 Å². The number of para-hydroxylation sites is 1. The highest BCUT2D eigenvalue weighted by molar-refractivity contribution is 7.07. The fraction of sp³-hybridized carbons (Fsp3) is 0.208. The van der Waals surface area contributed by atoms with E-state index in [1.807, 2.05) is 36.4 Å².